The van der Waals surface area contributed by atoms with Crippen molar-refractivity contribution >= 4 is 21.8 Å². The summed E-state index contributed by atoms with van der Waals surface area (Å²) in [4.78, 5) is 3.30. The Bertz CT molecular complexity index is 686. The average Bonchev–Trinajstić information content (AvgIpc) is 2.67. The fourth-order valence-electron chi connectivity index (χ4n) is 2.00. The van der Waals surface area contributed by atoms with Gasteiger partial charge in [-0.25, -0.2) is 0 Å². The molecule has 0 amide bonds. The Balaban J connectivity index is 2.64. The van der Waals surface area contributed by atoms with Gasteiger partial charge in [0, 0.05) is 21.8 Å². The third-order valence-electron chi connectivity index (χ3n) is 2.65. The lowest BCUT2D eigenvalue weighted by atomic mass is 10.1. The fraction of sp³-hybridized carbons (Fsp3) is 0. The summed E-state index contributed by atoms with van der Waals surface area (Å²) in [7, 11) is 0. The standard InChI is InChI=1S/C13H8N2/c14-8-9-4-3-7-12-13(9)10-5-1-2-6-11(10)15-12/h1-7,15H. The highest BCUT2D eigenvalue weighted by Crippen LogP contribution is 2.27. The van der Waals surface area contributed by atoms with Gasteiger partial charge in [-0.1, -0.05) is 24.3 Å². The van der Waals surface area contributed by atoms with E-state index in [1.54, 1.807) is 0 Å². The second-order valence-electron chi connectivity index (χ2n) is 3.51. The number of para-hydroxylation sites is 1. The number of nitrogens with zero attached hydrogens (tertiary/aromatic N) is 1. The molecule has 1 aromatic heterocycles. The quantitative estimate of drug-likeness (QED) is 0.583. The summed E-state index contributed by atoms with van der Waals surface area (Å²) in [5.74, 6) is 0. The van der Waals surface area contributed by atoms with Crippen molar-refractivity contribution in [2.75, 3.05) is 0 Å². The number of aromatic nitrogens is 1. The lowest BCUT2D eigenvalue weighted by Gasteiger charge is -1.92. The molecule has 0 radical (unpaired) electrons. The maximum absolute atomic E-state index is 9.05. The van der Waals surface area contributed by atoms with Gasteiger partial charge in [0.1, 0.15) is 0 Å². The Kier molecular flexibility index (Phi) is 1.54. The number of benzene rings is 2. The summed E-state index contributed by atoms with van der Waals surface area (Å²) in [5, 5.41) is 11.2. The van der Waals surface area contributed by atoms with E-state index in [4.69, 9.17) is 5.26 Å². The zero-order chi connectivity index (χ0) is 10.3. The zero-order valence-electron chi connectivity index (χ0n) is 7.99. The summed E-state index contributed by atoms with van der Waals surface area (Å²) in [6.07, 6.45) is 0. The van der Waals surface area contributed by atoms with Crippen LogP contribution in [-0.4, -0.2) is 4.98 Å². The molecule has 0 bridgehead atoms. The summed E-state index contributed by atoms with van der Waals surface area (Å²) in [6, 6.07) is 16.0. The summed E-state index contributed by atoms with van der Waals surface area (Å²) >= 11 is 0. The molecule has 0 saturated carbocycles. The molecule has 2 nitrogen and oxygen atoms in total. The monoisotopic (exact) mass is 192 g/mol. The molecule has 3 aromatic rings. The van der Waals surface area contributed by atoms with Crippen LogP contribution >= 0.6 is 0 Å². The molecule has 1 heterocycles. The van der Waals surface area contributed by atoms with E-state index in [0.717, 1.165) is 27.4 Å². The second kappa shape index (κ2) is 2.86. The van der Waals surface area contributed by atoms with Crippen molar-refractivity contribution in [3.63, 3.8) is 0 Å². The second-order valence-corrected chi connectivity index (χ2v) is 3.51. The van der Waals surface area contributed by atoms with Crippen LogP contribution in [0.2, 0.25) is 0 Å². The first-order chi connectivity index (χ1) is 7.40. The minimum atomic E-state index is 0.727. The number of fused-ring (bicyclic) bond motifs is 3. The number of hydrogen-bond acceptors (Lipinski definition) is 1. The highest BCUT2D eigenvalue weighted by Gasteiger charge is 2.06. The molecule has 0 atom stereocenters. The van der Waals surface area contributed by atoms with Crippen LogP contribution in [0.15, 0.2) is 42.5 Å². The molecule has 3 rings (SSSR count). The predicted molar refractivity (Wildman–Crippen MR) is 60.5 cm³/mol. The van der Waals surface area contributed by atoms with Crippen molar-refractivity contribution in [1.82, 2.24) is 4.98 Å². The van der Waals surface area contributed by atoms with Gasteiger partial charge in [-0.2, -0.15) is 5.26 Å². The molecule has 0 spiro atoms. The average molecular weight is 192 g/mol. The van der Waals surface area contributed by atoms with E-state index in [1.165, 1.54) is 0 Å². The van der Waals surface area contributed by atoms with Crippen LogP contribution in [0.25, 0.3) is 21.8 Å². The van der Waals surface area contributed by atoms with Gasteiger partial charge < -0.3 is 4.98 Å². The predicted octanol–water partition coefficient (Wildman–Crippen LogP) is 3.19. The molecule has 70 valence electrons. The van der Waals surface area contributed by atoms with Gasteiger partial charge in [0.2, 0.25) is 0 Å². The van der Waals surface area contributed by atoms with Crippen molar-refractivity contribution < 1.29 is 0 Å². The van der Waals surface area contributed by atoms with E-state index in [2.05, 4.69) is 11.1 Å². The van der Waals surface area contributed by atoms with Gasteiger partial charge in [0.15, 0.2) is 0 Å². The maximum Gasteiger partial charge on any atom is 0.0998 e. The van der Waals surface area contributed by atoms with Gasteiger partial charge >= 0.3 is 0 Å². The van der Waals surface area contributed by atoms with Crippen LogP contribution in [0.1, 0.15) is 5.56 Å². The molecule has 0 fully saturated rings. The van der Waals surface area contributed by atoms with Crippen LogP contribution in [0.4, 0.5) is 0 Å². The van der Waals surface area contributed by atoms with Crippen LogP contribution in [0.5, 0.6) is 0 Å². The third-order valence-corrected chi connectivity index (χ3v) is 2.65. The molecule has 2 heteroatoms. The largest absolute Gasteiger partial charge is 0.354 e. The van der Waals surface area contributed by atoms with Crippen molar-refractivity contribution in [2.45, 2.75) is 0 Å². The Labute approximate surface area is 86.8 Å². The highest BCUT2D eigenvalue weighted by atomic mass is 14.7. The Morgan fingerprint density at radius 1 is 0.933 bits per heavy atom. The number of rotatable bonds is 0. The fourth-order valence-corrected chi connectivity index (χ4v) is 2.00. The molecule has 0 aliphatic heterocycles. The van der Waals surface area contributed by atoms with Crippen molar-refractivity contribution in [3.8, 4) is 6.07 Å². The first-order valence-electron chi connectivity index (χ1n) is 4.79. The SMILES string of the molecule is N#Cc1cccc2[nH]c3ccccc3c12. The van der Waals surface area contributed by atoms with E-state index in [1.807, 2.05) is 42.5 Å². The summed E-state index contributed by atoms with van der Waals surface area (Å²) in [6.45, 7) is 0. The highest BCUT2D eigenvalue weighted by molar-refractivity contribution is 6.09. The lowest BCUT2D eigenvalue weighted by Crippen LogP contribution is -1.74. The van der Waals surface area contributed by atoms with Crippen LogP contribution < -0.4 is 0 Å². The number of nitriles is 1. The van der Waals surface area contributed by atoms with E-state index >= 15 is 0 Å². The molecule has 0 aliphatic rings. The minimum absolute atomic E-state index is 0.727. The number of hydrogen-bond donors (Lipinski definition) is 1. The minimum Gasteiger partial charge on any atom is -0.354 e. The topological polar surface area (TPSA) is 39.6 Å². The van der Waals surface area contributed by atoms with Gasteiger partial charge in [0.25, 0.3) is 0 Å². The molecular weight excluding hydrogens is 184 g/mol. The third kappa shape index (κ3) is 1.04. The summed E-state index contributed by atoms with van der Waals surface area (Å²) < 4.78 is 0. The van der Waals surface area contributed by atoms with Crippen molar-refractivity contribution in [3.05, 3.63) is 48.0 Å². The summed E-state index contributed by atoms with van der Waals surface area (Å²) in [5.41, 5.74) is 2.83. The van der Waals surface area contributed by atoms with E-state index < -0.39 is 0 Å². The van der Waals surface area contributed by atoms with E-state index in [0.29, 0.717) is 0 Å². The number of H-pyrrole nitrogens is 1. The van der Waals surface area contributed by atoms with E-state index in [9.17, 15) is 0 Å². The van der Waals surface area contributed by atoms with Crippen LogP contribution in [0.3, 0.4) is 0 Å². The molecule has 2 aromatic carbocycles. The molecule has 1 N–H and O–H groups in total. The van der Waals surface area contributed by atoms with Gasteiger partial charge in [-0.15, -0.1) is 0 Å². The van der Waals surface area contributed by atoms with Gasteiger partial charge in [-0.05, 0) is 18.2 Å². The smallest absolute Gasteiger partial charge is 0.0998 e. The Morgan fingerprint density at radius 3 is 2.60 bits per heavy atom. The molecule has 0 aliphatic carbocycles. The maximum atomic E-state index is 9.05. The lowest BCUT2D eigenvalue weighted by molar-refractivity contribution is 1.50. The first-order valence-corrected chi connectivity index (χ1v) is 4.79. The molecular formula is C13H8N2. The Morgan fingerprint density at radius 2 is 1.73 bits per heavy atom. The molecule has 0 unspecified atom stereocenters. The Hall–Kier alpha value is -2.27. The van der Waals surface area contributed by atoms with Crippen LogP contribution in [0, 0.1) is 11.3 Å². The van der Waals surface area contributed by atoms with Crippen molar-refractivity contribution in [1.29, 1.82) is 5.26 Å². The van der Waals surface area contributed by atoms with Gasteiger partial charge in [-0.3, -0.25) is 0 Å². The van der Waals surface area contributed by atoms with E-state index in [-0.39, 0.29) is 0 Å². The molecule has 0 saturated heterocycles. The van der Waals surface area contributed by atoms with Crippen LogP contribution in [-0.2, 0) is 0 Å². The normalized spacial score (nSPS) is 10.6. The van der Waals surface area contributed by atoms with Gasteiger partial charge in [0.05, 0.1) is 11.6 Å². The molecule has 15 heavy (non-hydrogen) atoms. The zero-order valence-corrected chi connectivity index (χ0v) is 7.99. The first kappa shape index (κ1) is 8.07. The van der Waals surface area contributed by atoms with Crippen molar-refractivity contribution in [2.24, 2.45) is 0 Å². The number of aromatic amines is 1. The number of nitrogens with one attached hydrogen (secondary N) is 1.